The molecule has 2 N–H and O–H groups in total. The normalized spacial score (nSPS) is 27.9. The highest BCUT2D eigenvalue weighted by Crippen LogP contribution is 2.32. The molecule has 1 aromatic carbocycles. The second-order valence-electron chi connectivity index (χ2n) is 9.76. The van der Waals surface area contributed by atoms with Crippen molar-refractivity contribution in [2.75, 3.05) is 58.3 Å². The van der Waals surface area contributed by atoms with E-state index < -0.39 is 0 Å². The van der Waals surface area contributed by atoms with Crippen LogP contribution in [0.5, 0.6) is 0 Å². The number of rotatable bonds is 5. The third-order valence-corrected chi connectivity index (χ3v) is 7.91. The lowest BCUT2D eigenvalue weighted by atomic mass is 9.82. The maximum Gasteiger partial charge on any atom is 0.191 e. The van der Waals surface area contributed by atoms with Crippen LogP contribution < -0.4 is 15.5 Å². The molecule has 0 radical (unpaired) electrons. The molecule has 3 aliphatic rings. The van der Waals surface area contributed by atoms with Crippen LogP contribution in [0.1, 0.15) is 43.2 Å². The number of aryl methyl sites for hydroxylation is 1. The van der Waals surface area contributed by atoms with Gasteiger partial charge in [0.05, 0.1) is 0 Å². The molecule has 2 atom stereocenters. The number of hydrogen-bond acceptors (Lipinski definition) is 4. The standard InChI is InChI=1S/C25H42N6/c1-19-7-5-10-24(20(19)2)31-15-13-30(14-16-31)12-11-27-25(26-3)28-21-17-22-8-6-9-23(18-21)29(22)4/h5,7,10,21-23H,6,8-9,11-18H2,1-4H3,(H2,26,27,28). The van der Waals surface area contributed by atoms with E-state index in [2.05, 4.69) is 69.4 Å². The van der Waals surface area contributed by atoms with Gasteiger partial charge >= 0.3 is 0 Å². The highest BCUT2D eigenvalue weighted by Gasteiger charge is 2.36. The number of piperazine rings is 1. The van der Waals surface area contributed by atoms with E-state index in [-0.39, 0.29) is 0 Å². The van der Waals surface area contributed by atoms with Gasteiger partial charge in [0.15, 0.2) is 5.96 Å². The fourth-order valence-electron chi connectivity index (χ4n) is 5.74. The number of nitrogens with one attached hydrogen (secondary N) is 2. The molecule has 0 aromatic heterocycles. The summed E-state index contributed by atoms with van der Waals surface area (Å²) in [4.78, 5) is 12.2. The second-order valence-corrected chi connectivity index (χ2v) is 9.76. The molecule has 3 aliphatic heterocycles. The van der Waals surface area contributed by atoms with E-state index in [1.165, 1.54) is 48.9 Å². The van der Waals surface area contributed by atoms with Crippen LogP contribution >= 0.6 is 0 Å². The number of hydrogen-bond donors (Lipinski definition) is 2. The SMILES string of the molecule is CN=C(NCCN1CCN(c2cccc(C)c2C)CC1)NC1CC2CCCC(C1)N2C. The topological polar surface area (TPSA) is 46.1 Å². The highest BCUT2D eigenvalue weighted by molar-refractivity contribution is 5.80. The monoisotopic (exact) mass is 426 g/mol. The first-order valence-corrected chi connectivity index (χ1v) is 12.3. The van der Waals surface area contributed by atoms with Crippen LogP contribution in [0.4, 0.5) is 5.69 Å². The van der Waals surface area contributed by atoms with Crippen LogP contribution in [-0.2, 0) is 0 Å². The zero-order valence-electron chi connectivity index (χ0n) is 20.0. The minimum atomic E-state index is 0.554. The number of fused-ring (bicyclic) bond motifs is 2. The van der Waals surface area contributed by atoms with Crippen LogP contribution in [0, 0.1) is 13.8 Å². The molecule has 0 aliphatic carbocycles. The van der Waals surface area contributed by atoms with E-state index in [1.54, 1.807) is 0 Å². The molecule has 31 heavy (non-hydrogen) atoms. The van der Waals surface area contributed by atoms with Crippen molar-refractivity contribution in [2.45, 2.75) is 64.1 Å². The molecular formula is C25H42N6. The zero-order valence-corrected chi connectivity index (χ0v) is 20.0. The van der Waals surface area contributed by atoms with Crippen molar-refractivity contribution in [3.63, 3.8) is 0 Å². The van der Waals surface area contributed by atoms with Gasteiger partial charge in [0, 0.05) is 70.1 Å². The Morgan fingerprint density at radius 3 is 2.45 bits per heavy atom. The van der Waals surface area contributed by atoms with Gasteiger partial charge < -0.3 is 20.4 Å². The zero-order chi connectivity index (χ0) is 21.8. The van der Waals surface area contributed by atoms with Gasteiger partial charge in [-0.15, -0.1) is 0 Å². The van der Waals surface area contributed by atoms with Gasteiger partial charge in [-0.1, -0.05) is 18.6 Å². The lowest BCUT2D eigenvalue weighted by molar-refractivity contribution is 0.0526. The van der Waals surface area contributed by atoms with E-state index >= 15 is 0 Å². The van der Waals surface area contributed by atoms with Crippen molar-refractivity contribution >= 4 is 11.6 Å². The van der Waals surface area contributed by atoms with Crippen molar-refractivity contribution in [1.29, 1.82) is 0 Å². The Hall–Kier alpha value is -1.79. The first-order valence-electron chi connectivity index (χ1n) is 12.3. The van der Waals surface area contributed by atoms with Gasteiger partial charge in [-0.2, -0.15) is 0 Å². The molecule has 0 spiro atoms. The first kappa shape index (κ1) is 22.4. The average molecular weight is 427 g/mol. The Morgan fingerprint density at radius 1 is 1.06 bits per heavy atom. The summed E-state index contributed by atoms with van der Waals surface area (Å²) < 4.78 is 0. The number of guanidine groups is 1. The van der Waals surface area contributed by atoms with Crippen LogP contribution in [-0.4, -0.2) is 87.2 Å². The molecule has 2 bridgehead atoms. The van der Waals surface area contributed by atoms with Crippen molar-refractivity contribution in [1.82, 2.24) is 20.4 Å². The number of anilines is 1. The van der Waals surface area contributed by atoms with Gasteiger partial charge in [-0.3, -0.25) is 9.89 Å². The molecule has 2 unspecified atom stereocenters. The van der Waals surface area contributed by atoms with Crippen LogP contribution in [0.25, 0.3) is 0 Å². The Kier molecular flexibility index (Phi) is 7.39. The predicted molar refractivity (Wildman–Crippen MR) is 131 cm³/mol. The minimum Gasteiger partial charge on any atom is -0.369 e. The third-order valence-electron chi connectivity index (χ3n) is 7.91. The van der Waals surface area contributed by atoms with Crippen LogP contribution in [0.2, 0.25) is 0 Å². The fraction of sp³-hybridized carbons (Fsp3) is 0.720. The number of nitrogens with zero attached hydrogens (tertiary/aromatic N) is 4. The summed E-state index contributed by atoms with van der Waals surface area (Å²) in [5.41, 5.74) is 4.21. The minimum absolute atomic E-state index is 0.554. The largest absolute Gasteiger partial charge is 0.369 e. The second kappa shape index (κ2) is 10.2. The molecule has 3 fully saturated rings. The summed E-state index contributed by atoms with van der Waals surface area (Å²) in [5, 5.41) is 7.29. The Bertz CT molecular complexity index is 740. The summed E-state index contributed by atoms with van der Waals surface area (Å²) >= 11 is 0. The van der Waals surface area contributed by atoms with Gasteiger partial charge in [0.2, 0.25) is 0 Å². The fourth-order valence-corrected chi connectivity index (χ4v) is 5.74. The molecule has 1 aromatic rings. The molecule has 4 rings (SSSR count). The maximum atomic E-state index is 4.50. The van der Waals surface area contributed by atoms with Gasteiger partial charge in [-0.25, -0.2) is 0 Å². The smallest absolute Gasteiger partial charge is 0.191 e. The molecular weight excluding hydrogens is 384 g/mol. The van der Waals surface area contributed by atoms with Crippen molar-refractivity contribution in [2.24, 2.45) is 4.99 Å². The molecule has 0 amide bonds. The quantitative estimate of drug-likeness (QED) is 0.560. The van der Waals surface area contributed by atoms with Crippen LogP contribution in [0.3, 0.4) is 0 Å². The predicted octanol–water partition coefficient (Wildman–Crippen LogP) is 2.61. The summed E-state index contributed by atoms with van der Waals surface area (Å²) in [6, 6.07) is 8.71. The van der Waals surface area contributed by atoms with Crippen molar-refractivity contribution < 1.29 is 0 Å². The number of benzene rings is 1. The van der Waals surface area contributed by atoms with Gasteiger partial charge in [-0.05, 0) is 63.8 Å². The van der Waals surface area contributed by atoms with Crippen molar-refractivity contribution in [3.8, 4) is 0 Å². The summed E-state index contributed by atoms with van der Waals surface area (Å²) in [6.45, 7) is 10.9. The summed E-state index contributed by atoms with van der Waals surface area (Å²) in [7, 11) is 4.21. The van der Waals surface area contributed by atoms with E-state index in [0.717, 1.165) is 57.3 Å². The highest BCUT2D eigenvalue weighted by atomic mass is 15.3. The molecule has 172 valence electrons. The summed E-state index contributed by atoms with van der Waals surface area (Å²) in [5.74, 6) is 0.974. The Labute approximate surface area is 189 Å². The van der Waals surface area contributed by atoms with E-state index in [0.29, 0.717) is 6.04 Å². The Morgan fingerprint density at radius 2 is 1.77 bits per heavy atom. The lowest BCUT2D eigenvalue weighted by Crippen LogP contribution is -2.57. The van der Waals surface area contributed by atoms with E-state index in [4.69, 9.17) is 0 Å². The van der Waals surface area contributed by atoms with Gasteiger partial charge in [0.1, 0.15) is 0 Å². The lowest BCUT2D eigenvalue weighted by Gasteiger charge is -2.47. The van der Waals surface area contributed by atoms with Crippen molar-refractivity contribution in [3.05, 3.63) is 29.3 Å². The third kappa shape index (κ3) is 5.35. The molecule has 3 heterocycles. The molecule has 3 saturated heterocycles. The molecule has 0 saturated carbocycles. The molecule has 6 heteroatoms. The number of piperidine rings is 2. The molecule has 6 nitrogen and oxygen atoms in total. The average Bonchev–Trinajstić information content (AvgIpc) is 2.76. The van der Waals surface area contributed by atoms with Crippen LogP contribution in [0.15, 0.2) is 23.2 Å². The van der Waals surface area contributed by atoms with E-state index in [9.17, 15) is 0 Å². The first-order chi connectivity index (χ1) is 15.0. The Balaban J connectivity index is 1.18. The number of aliphatic imine (C=N–C) groups is 1. The van der Waals surface area contributed by atoms with E-state index in [1.807, 2.05) is 7.05 Å². The van der Waals surface area contributed by atoms with Gasteiger partial charge in [0.25, 0.3) is 0 Å². The maximum absolute atomic E-state index is 4.50. The summed E-state index contributed by atoms with van der Waals surface area (Å²) in [6.07, 6.45) is 6.59.